The molecule has 0 saturated carbocycles. The minimum atomic E-state index is 0.510. The maximum Gasteiger partial charge on any atom is 0.163 e. The van der Waals surface area contributed by atoms with Gasteiger partial charge in [-0.1, -0.05) is 50.3 Å². The summed E-state index contributed by atoms with van der Waals surface area (Å²) in [6.45, 7) is 4.76. The Kier molecular flexibility index (Phi) is 7.60. The summed E-state index contributed by atoms with van der Waals surface area (Å²) >= 11 is 0. The van der Waals surface area contributed by atoms with Gasteiger partial charge in [-0.3, -0.25) is 0 Å². The van der Waals surface area contributed by atoms with Crippen molar-refractivity contribution in [3.8, 4) is 17.2 Å². The van der Waals surface area contributed by atoms with Gasteiger partial charge in [0.25, 0.3) is 0 Å². The fraction of sp³-hybridized carbons (Fsp3) is 0.259. The summed E-state index contributed by atoms with van der Waals surface area (Å²) in [5.74, 6) is 2.45. The molecule has 0 unspecified atom stereocenters. The molecule has 0 heterocycles. The lowest BCUT2D eigenvalue weighted by atomic mass is 10.0. The fourth-order valence-electron chi connectivity index (χ4n) is 3.49. The molecule has 4 heteroatoms. The van der Waals surface area contributed by atoms with Crippen molar-refractivity contribution in [2.75, 3.05) is 20.0 Å². The third-order valence-corrected chi connectivity index (χ3v) is 5.27. The number of anilines is 1. The maximum atomic E-state index is 6.14. The Balaban J connectivity index is 1.82. The van der Waals surface area contributed by atoms with Crippen LogP contribution < -0.4 is 19.9 Å². The van der Waals surface area contributed by atoms with Crippen molar-refractivity contribution >= 4 is 17.8 Å². The predicted octanol–water partition coefficient (Wildman–Crippen LogP) is 6.16. The van der Waals surface area contributed by atoms with Crippen molar-refractivity contribution in [3.63, 3.8) is 0 Å². The van der Waals surface area contributed by atoms with Gasteiger partial charge in [0, 0.05) is 5.69 Å². The van der Waals surface area contributed by atoms with E-state index in [1.165, 1.54) is 5.56 Å². The van der Waals surface area contributed by atoms with Crippen LogP contribution in [0.5, 0.6) is 17.2 Å². The number of hydrogen-bond acceptors (Lipinski definition) is 4. The average molecular weight is 418 g/mol. The number of nitrogens with two attached hydrogens (primary N) is 1. The van der Waals surface area contributed by atoms with Crippen LogP contribution in [0.4, 0.5) is 5.69 Å². The van der Waals surface area contributed by atoms with E-state index in [0.717, 1.165) is 58.0 Å². The molecule has 31 heavy (non-hydrogen) atoms. The molecule has 0 atom stereocenters. The zero-order valence-electron chi connectivity index (χ0n) is 18.8. The van der Waals surface area contributed by atoms with Crippen LogP contribution in [0.1, 0.15) is 41.7 Å². The molecule has 0 aliphatic carbocycles. The fourth-order valence-corrected chi connectivity index (χ4v) is 3.49. The summed E-state index contributed by atoms with van der Waals surface area (Å²) in [5.41, 5.74) is 12.1. The van der Waals surface area contributed by atoms with Crippen LogP contribution in [-0.2, 0) is 19.4 Å². The minimum Gasteiger partial charge on any atom is -0.493 e. The largest absolute Gasteiger partial charge is 0.493 e. The van der Waals surface area contributed by atoms with E-state index in [-0.39, 0.29) is 0 Å². The third kappa shape index (κ3) is 5.60. The molecule has 4 nitrogen and oxygen atoms in total. The van der Waals surface area contributed by atoms with E-state index >= 15 is 0 Å². The Bertz CT molecular complexity index is 1010. The summed E-state index contributed by atoms with van der Waals surface area (Å²) in [7, 11) is 3.34. The first-order valence-corrected chi connectivity index (χ1v) is 10.6. The molecule has 0 aliphatic rings. The number of rotatable bonds is 9. The molecule has 0 aliphatic heterocycles. The molecule has 3 aromatic rings. The highest BCUT2D eigenvalue weighted by atomic mass is 16.5. The second-order valence-corrected chi connectivity index (χ2v) is 7.35. The van der Waals surface area contributed by atoms with E-state index in [4.69, 9.17) is 19.9 Å². The first-order valence-electron chi connectivity index (χ1n) is 10.6. The SMILES string of the molecule is CCc1ccc(/C=C\c2cc(CC)c(OC)c(OC)c2)cc1OCc1ccc(N)cc1. The second-order valence-electron chi connectivity index (χ2n) is 7.35. The summed E-state index contributed by atoms with van der Waals surface area (Å²) < 4.78 is 17.2. The average Bonchev–Trinajstić information content (AvgIpc) is 2.81. The van der Waals surface area contributed by atoms with Gasteiger partial charge >= 0.3 is 0 Å². The quantitative estimate of drug-likeness (QED) is 0.335. The van der Waals surface area contributed by atoms with Gasteiger partial charge in [0.1, 0.15) is 12.4 Å². The van der Waals surface area contributed by atoms with Gasteiger partial charge in [-0.05, 0) is 71.0 Å². The molecule has 0 bridgehead atoms. The van der Waals surface area contributed by atoms with Crippen LogP contribution in [-0.4, -0.2) is 14.2 Å². The van der Waals surface area contributed by atoms with Crippen LogP contribution in [0.3, 0.4) is 0 Å². The van der Waals surface area contributed by atoms with Crippen molar-refractivity contribution in [2.24, 2.45) is 0 Å². The Morgan fingerprint density at radius 3 is 2.06 bits per heavy atom. The number of ether oxygens (including phenoxy) is 3. The molecule has 2 N–H and O–H groups in total. The third-order valence-electron chi connectivity index (χ3n) is 5.27. The topological polar surface area (TPSA) is 53.7 Å². The molecule has 0 spiro atoms. The van der Waals surface area contributed by atoms with Crippen molar-refractivity contribution in [2.45, 2.75) is 33.3 Å². The van der Waals surface area contributed by atoms with E-state index in [1.54, 1.807) is 14.2 Å². The van der Waals surface area contributed by atoms with E-state index < -0.39 is 0 Å². The highest BCUT2D eigenvalue weighted by Gasteiger charge is 2.10. The van der Waals surface area contributed by atoms with E-state index in [9.17, 15) is 0 Å². The molecule has 0 fully saturated rings. The van der Waals surface area contributed by atoms with Crippen LogP contribution in [0.2, 0.25) is 0 Å². The molecule has 0 aromatic heterocycles. The molecule has 162 valence electrons. The molecular weight excluding hydrogens is 386 g/mol. The predicted molar refractivity (Wildman–Crippen MR) is 129 cm³/mol. The standard InChI is InChI=1S/C27H31NO3/c1-5-22-12-9-19(16-25(22)31-18-20-10-13-24(28)14-11-20)7-8-21-15-23(6-2)27(30-4)26(17-21)29-3/h7-17H,5-6,18,28H2,1-4H3/b8-7-. The normalized spacial score (nSPS) is 11.0. The van der Waals surface area contributed by atoms with E-state index in [1.807, 2.05) is 30.3 Å². The van der Waals surface area contributed by atoms with Crippen molar-refractivity contribution in [1.29, 1.82) is 0 Å². The summed E-state index contributed by atoms with van der Waals surface area (Å²) in [4.78, 5) is 0. The molecule has 0 amide bonds. The van der Waals surface area contributed by atoms with Gasteiger partial charge in [0.05, 0.1) is 14.2 Å². The highest BCUT2D eigenvalue weighted by molar-refractivity contribution is 5.72. The Labute approximate surface area is 185 Å². The lowest BCUT2D eigenvalue weighted by molar-refractivity contribution is 0.303. The number of nitrogen functional groups attached to an aromatic ring is 1. The lowest BCUT2D eigenvalue weighted by Crippen LogP contribution is -1.99. The monoisotopic (exact) mass is 417 g/mol. The Morgan fingerprint density at radius 1 is 0.742 bits per heavy atom. The zero-order valence-corrected chi connectivity index (χ0v) is 18.8. The molecule has 3 aromatic carbocycles. The van der Waals surface area contributed by atoms with Crippen LogP contribution in [0.25, 0.3) is 12.2 Å². The lowest BCUT2D eigenvalue weighted by Gasteiger charge is -2.13. The van der Waals surface area contributed by atoms with E-state index in [2.05, 4.69) is 50.3 Å². The number of methoxy groups -OCH3 is 2. The highest BCUT2D eigenvalue weighted by Crippen LogP contribution is 2.33. The Morgan fingerprint density at radius 2 is 1.42 bits per heavy atom. The van der Waals surface area contributed by atoms with Crippen LogP contribution >= 0.6 is 0 Å². The van der Waals surface area contributed by atoms with Gasteiger partial charge in [-0.25, -0.2) is 0 Å². The number of aryl methyl sites for hydroxylation is 2. The van der Waals surface area contributed by atoms with Gasteiger partial charge in [-0.15, -0.1) is 0 Å². The van der Waals surface area contributed by atoms with E-state index in [0.29, 0.717) is 6.61 Å². The van der Waals surface area contributed by atoms with Gasteiger partial charge in [-0.2, -0.15) is 0 Å². The van der Waals surface area contributed by atoms with Crippen LogP contribution in [0, 0.1) is 0 Å². The molecule has 3 rings (SSSR count). The van der Waals surface area contributed by atoms with Gasteiger partial charge < -0.3 is 19.9 Å². The summed E-state index contributed by atoms with van der Waals surface area (Å²) in [6.07, 6.45) is 5.97. The molecule has 0 radical (unpaired) electrons. The van der Waals surface area contributed by atoms with Gasteiger partial charge in [0.2, 0.25) is 0 Å². The van der Waals surface area contributed by atoms with Crippen molar-refractivity contribution in [1.82, 2.24) is 0 Å². The molecule has 0 saturated heterocycles. The van der Waals surface area contributed by atoms with Crippen molar-refractivity contribution < 1.29 is 14.2 Å². The maximum absolute atomic E-state index is 6.14. The summed E-state index contributed by atoms with van der Waals surface area (Å²) in [6, 6.07) is 18.2. The van der Waals surface area contributed by atoms with Crippen molar-refractivity contribution in [3.05, 3.63) is 82.4 Å². The summed E-state index contributed by atoms with van der Waals surface area (Å²) in [5, 5.41) is 0. The number of benzene rings is 3. The zero-order chi connectivity index (χ0) is 22.2. The first kappa shape index (κ1) is 22.3. The first-order chi connectivity index (χ1) is 15.1. The Hall–Kier alpha value is -3.40. The smallest absolute Gasteiger partial charge is 0.163 e. The second kappa shape index (κ2) is 10.6. The van der Waals surface area contributed by atoms with Gasteiger partial charge in [0.15, 0.2) is 11.5 Å². The number of hydrogen-bond donors (Lipinski definition) is 1. The molecular formula is C27H31NO3. The van der Waals surface area contributed by atoms with Crippen LogP contribution in [0.15, 0.2) is 54.6 Å². The minimum absolute atomic E-state index is 0.510.